The largest absolute Gasteiger partial charge is 0.390 e. The van der Waals surface area contributed by atoms with Gasteiger partial charge in [0.1, 0.15) is 0 Å². The number of rotatable bonds is 8. The lowest BCUT2D eigenvalue weighted by Gasteiger charge is -2.17. The lowest BCUT2D eigenvalue weighted by Crippen LogP contribution is -2.34. The van der Waals surface area contributed by atoms with Gasteiger partial charge in [0.2, 0.25) is 0 Å². The van der Waals surface area contributed by atoms with E-state index in [1.54, 1.807) is 28.9 Å². The standard InChI is InChI=1S/C16H23N5O2/c1-3-20(4-2)10-9-17-16(23)13-5-7-14(8-6-13)21-15(12-22)11-18-19-21/h5-8,11,22H,3-4,9-10,12H2,1-2H3,(H,17,23). The zero-order valence-corrected chi connectivity index (χ0v) is 13.6. The van der Waals surface area contributed by atoms with Crippen molar-refractivity contribution >= 4 is 5.91 Å². The number of aliphatic hydroxyl groups excluding tert-OH is 1. The summed E-state index contributed by atoms with van der Waals surface area (Å²) in [7, 11) is 0. The zero-order chi connectivity index (χ0) is 16.7. The number of aliphatic hydroxyl groups is 1. The fraction of sp³-hybridized carbons (Fsp3) is 0.438. The highest BCUT2D eigenvalue weighted by atomic mass is 16.3. The van der Waals surface area contributed by atoms with Gasteiger partial charge in [-0.1, -0.05) is 19.1 Å². The highest BCUT2D eigenvalue weighted by Gasteiger charge is 2.08. The molecule has 23 heavy (non-hydrogen) atoms. The number of hydrogen-bond donors (Lipinski definition) is 2. The van der Waals surface area contributed by atoms with E-state index in [0.717, 1.165) is 25.3 Å². The van der Waals surface area contributed by atoms with Gasteiger partial charge in [-0.25, -0.2) is 4.68 Å². The molecule has 7 heteroatoms. The molecule has 0 spiro atoms. The van der Waals surface area contributed by atoms with Crippen molar-refractivity contribution in [2.45, 2.75) is 20.5 Å². The smallest absolute Gasteiger partial charge is 0.251 e. The Kier molecular flexibility index (Phi) is 6.25. The molecule has 1 heterocycles. The normalized spacial score (nSPS) is 11.0. The minimum Gasteiger partial charge on any atom is -0.390 e. The number of amides is 1. The predicted octanol–water partition coefficient (Wildman–Crippen LogP) is 0.831. The fourth-order valence-electron chi connectivity index (χ4n) is 2.30. The molecule has 0 fully saturated rings. The van der Waals surface area contributed by atoms with Gasteiger partial charge in [0.15, 0.2) is 0 Å². The Balaban J connectivity index is 1.95. The van der Waals surface area contributed by atoms with Crippen LogP contribution in [-0.4, -0.2) is 57.1 Å². The summed E-state index contributed by atoms with van der Waals surface area (Å²) in [4.78, 5) is 14.4. The molecule has 0 aliphatic carbocycles. The summed E-state index contributed by atoms with van der Waals surface area (Å²) in [5.74, 6) is -0.0929. The Morgan fingerprint density at radius 2 is 1.96 bits per heavy atom. The van der Waals surface area contributed by atoms with E-state index in [1.165, 1.54) is 6.20 Å². The van der Waals surface area contributed by atoms with Crippen molar-refractivity contribution in [1.29, 1.82) is 0 Å². The van der Waals surface area contributed by atoms with Crippen LogP contribution in [0.3, 0.4) is 0 Å². The minimum atomic E-state index is -0.138. The SMILES string of the molecule is CCN(CC)CCNC(=O)c1ccc(-n2nncc2CO)cc1. The topological polar surface area (TPSA) is 83.3 Å². The number of carbonyl (C=O) groups excluding carboxylic acids is 1. The van der Waals surface area contributed by atoms with Crippen molar-refractivity contribution < 1.29 is 9.90 Å². The Hall–Kier alpha value is -2.25. The monoisotopic (exact) mass is 317 g/mol. The number of benzene rings is 1. The van der Waals surface area contributed by atoms with Gasteiger partial charge in [0.05, 0.1) is 24.2 Å². The quantitative estimate of drug-likeness (QED) is 0.753. The van der Waals surface area contributed by atoms with E-state index in [0.29, 0.717) is 17.8 Å². The van der Waals surface area contributed by atoms with Gasteiger partial charge < -0.3 is 15.3 Å². The van der Waals surface area contributed by atoms with Crippen LogP contribution in [0.5, 0.6) is 0 Å². The molecule has 1 amide bonds. The van der Waals surface area contributed by atoms with Gasteiger partial charge in [-0.2, -0.15) is 0 Å². The van der Waals surface area contributed by atoms with Crippen molar-refractivity contribution in [3.8, 4) is 5.69 Å². The zero-order valence-electron chi connectivity index (χ0n) is 13.6. The molecule has 1 aromatic carbocycles. The summed E-state index contributed by atoms with van der Waals surface area (Å²) in [6, 6.07) is 7.05. The molecule has 0 saturated carbocycles. The molecule has 1 aromatic heterocycles. The molecule has 0 aliphatic rings. The lowest BCUT2D eigenvalue weighted by atomic mass is 10.2. The number of aromatic nitrogens is 3. The second-order valence-corrected chi connectivity index (χ2v) is 5.12. The number of hydrogen-bond acceptors (Lipinski definition) is 5. The molecular weight excluding hydrogens is 294 g/mol. The maximum absolute atomic E-state index is 12.1. The van der Waals surface area contributed by atoms with E-state index in [1.807, 2.05) is 0 Å². The van der Waals surface area contributed by atoms with E-state index in [4.69, 9.17) is 0 Å². The summed E-state index contributed by atoms with van der Waals surface area (Å²) >= 11 is 0. The van der Waals surface area contributed by atoms with E-state index in [9.17, 15) is 9.90 Å². The van der Waals surface area contributed by atoms with Crippen LogP contribution in [-0.2, 0) is 6.61 Å². The Morgan fingerprint density at radius 1 is 1.26 bits per heavy atom. The van der Waals surface area contributed by atoms with Crippen LogP contribution in [0.15, 0.2) is 30.5 Å². The average molecular weight is 317 g/mol. The van der Waals surface area contributed by atoms with Gasteiger partial charge >= 0.3 is 0 Å². The van der Waals surface area contributed by atoms with Crippen molar-refractivity contribution in [1.82, 2.24) is 25.2 Å². The maximum atomic E-state index is 12.1. The van der Waals surface area contributed by atoms with Crippen LogP contribution in [0.2, 0.25) is 0 Å². The molecule has 0 atom stereocenters. The van der Waals surface area contributed by atoms with E-state index >= 15 is 0 Å². The van der Waals surface area contributed by atoms with Gasteiger partial charge in [-0.05, 0) is 37.4 Å². The maximum Gasteiger partial charge on any atom is 0.251 e. The molecule has 2 N–H and O–H groups in total. The minimum absolute atomic E-state index is 0.0929. The van der Waals surface area contributed by atoms with Crippen molar-refractivity contribution in [2.75, 3.05) is 26.2 Å². The van der Waals surface area contributed by atoms with Crippen LogP contribution in [0.1, 0.15) is 29.9 Å². The van der Waals surface area contributed by atoms with Crippen LogP contribution in [0, 0.1) is 0 Å². The summed E-state index contributed by atoms with van der Waals surface area (Å²) in [6.07, 6.45) is 1.51. The average Bonchev–Trinajstić information content (AvgIpc) is 3.07. The van der Waals surface area contributed by atoms with E-state index in [2.05, 4.69) is 34.4 Å². The van der Waals surface area contributed by atoms with Gasteiger partial charge in [0, 0.05) is 18.7 Å². The first-order chi connectivity index (χ1) is 11.2. The third kappa shape index (κ3) is 4.37. The van der Waals surface area contributed by atoms with Gasteiger partial charge in [-0.15, -0.1) is 5.10 Å². The van der Waals surface area contributed by atoms with Crippen LogP contribution in [0.4, 0.5) is 0 Å². The fourth-order valence-corrected chi connectivity index (χ4v) is 2.30. The summed E-state index contributed by atoms with van der Waals surface area (Å²) < 4.78 is 1.54. The lowest BCUT2D eigenvalue weighted by molar-refractivity contribution is 0.0949. The Morgan fingerprint density at radius 3 is 2.57 bits per heavy atom. The molecule has 7 nitrogen and oxygen atoms in total. The number of carbonyl (C=O) groups is 1. The second-order valence-electron chi connectivity index (χ2n) is 5.12. The summed E-state index contributed by atoms with van der Waals surface area (Å²) in [5.41, 5.74) is 1.95. The third-order valence-corrected chi connectivity index (χ3v) is 3.76. The first kappa shape index (κ1) is 17.1. The van der Waals surface area contributed by atoms with Crippen molar-refractivity contribution in [3.05, 3.63) is 41.7 Å². The summed E-state index contributed by atoms with van der Waals surface area (Å²) in [6.45, 7) is 7.50. The van der Waals surface area contributed by atoms with Crippen LogP contribution >= 0.6 is 0 Å². The van der Waals surface area contributed by atoms with E-state index < -0.39 is 0 Å². The molecule has 0 aliphatic heterocycles. The van der Waals surface area contributed by atoms with E-state index in [-0.39, 0.29) is 12.5 Å². The first-order valence-electron chi connectivity index (χ1n) is 7.81. The molecule has 0 bridgehead atoms. The van der Waals surface area contributed by atoms with Crippen molar-refractivity contribution in [2.24, 2.45) is 0 Å². The van der Waals surface area contributed by atoms with Crippen molar-refractivity contribution in [3.63, 3.8) is 0 Å². The van der Waals surface area contributed by atoms with Gasteiger partial charge in [0.25, 0.3) is 5.91 Å². The molecule has 2 aromatic rings. The predicted molar refractivity (Wildman–Crippen MR) is 87.4 cm³/mol. The summed E-state index contributed by atoms with van der Waals surface area (Å²) in [5, 5.41) is 19.8. The number of nitrogens with one attached hydrogen (secondary N) is 1. The molecule has 0 saturated heterocycles. The number of nitrogens with zero attached hydrogens (tertiary/aromatic N) is 4. The third-order valence-electron chi connectivity index (χ3n) is 3.76. The van der Waals surface area contributed by atoms with Crippen LogP contribution < -0.4 is 5.32 Å². The molecule has 124 valence electrons. The van der Waals surface area contributed by atoms with Crippen LogP contribution in [0.25, 0.3) is 5.69 Å². The molecular formula is C16H23N5O2. The molecule has 2 rings (SSSR count). The number of likely N-dealkylation sites (N-methyl/N-ethyl adjacent to an activating group) is 1. The Labute approximate surface area is 135 Å². The Bertz CT molecular complexity index is 620. The highest BCUT2D eigenvalue weighted by Crippen LogP contribution is 2.11. The molecule has 0 radical (unpaired) electrons. The highest BCUT2D eigenvalue weighted by molar-refractivity contribution is 5.94. The molecule has 0 unspecified atom stereocenters. The second kappa shape index (κ2) is 8.40. The van der Waals surface area contributed by atoms with Gasteiger partial charge in [-0.3, -0.25) is 4.79 Å². The first-order valence-corrected chi connectivity index (χ1v) is 7.81.